The van der Waals surface area contributed by atoms with Crippen LogP contribution < -0.4 is 4.74 Å². The van der Waals surface area contributed by atoms with Gasteiger partial charge in [0.1, 0.15) is 12.0 Å². The maximum Gasteiger partial charge on any atom is 0.257 e. The number of carbonyl (C=O) groups is 3. The van der Waals surface area contributed by atoms with Gasteiger partial charge in [-0.25, -0.2) is 0 Å². The predicted molar refractivity (Wildman–Crippen MR) is 102 cm³/mol. The lowest BCUT2D eigenvalue weighted by Crippen LogP contribution is -2.50. The summed E-state index contributed by atoms with van der Waals surface area (Å²) in [5.74, 6) is 0.712. The monoisotopic (exact) mass is 384 g/mol. The fraction of sp³-hybridized carbons (Fsp3) is 0.381. The Kier molecular flexibility index (Phi) is 6.47. The van der Waals surface area contributed by atoms with Crippen molar-refractivity contribution >= 4 is 17.6 Å². The zero-order chi connectivity index (χ0) is 19.9. The molecule has 2 amide bonds. The molecule has 1 aromatic carbocycles. The van der Waals surface area contributed by atoms with Crippen LogP contribution >= 0.6 is 0 Å². The van der Waals surface area contributed by atoms with Crippen LogP contribution in [0, 0.1) is 0 Å². The first-order valence-corrected chi connectivity index (χ1v) is 9.37. The summed E-state index contributed by atoms with van der Waals surface area (Å²) in [6.45, 7) is 4.08. The number of ether oxygens (including phenoxy) is 1. The Morgan fingerprint density at radius 3 is 2.25 bits per heavy atom. The molecule has 0 spiro atoms. The minimum Gasteiger partial charge on any atom is -0.494 e. The molecule has 7 nitrogen and oxygen atoms in total. The van der Waals surface area contributed by atoms with Crippen LogP contribution in [-0.2, 0) is 4.79 Å². The van der Waals surface area contributed by atoms with Gasteiger partial charge < -0.3 is 19.0 Å². The summed E-state index contributed by atoms with van der Waals surface area (Å²) in [6.07, 6.45) is 3.93. The standard InChI is InChI=1S/C21H24N2O5/c1-16(24)17-4-6-19(7-5-17)28-13-2-3-20(25)22-9-11-23(12-10-22)21(26)18-8-14-27-15-18/h4-8,14-15H,2-3,9-13H2,1H3. The molecule has 7 heteroatoms. The summed E-state index contributed by atoms with van der Waals surface area (Å²) in [4.78, 5) is 39.4. The molecule has 3 rings (SSSR count). The average Bonchev–Trinajstić information content (AvgIpc) is 3.26. The Hall–Kier alpha value is -3.09. The van der Waals surface area contributed by atoms with Crippen molar-refractivity contribution in [2.24, 2.45) is 0 Å². The Bertz CT molecular complexity index is 806. The van der Waals surface area contributed by atoms with Crippen molar-refractivity contribution in [2.75, 3.05) is 32.8 Å². The first-order valence-electron chi connectivity index (χ1n) is 9.37. The number of hydrogen-bond donors (Lipinski definition) is 0. The third-order valence-electron chi connectivity index (χ3n) is 4.75. The second-order valence-corrected chi connectivity index (χ2v) is 6.72. The molecule has 2 heterocycles. The zero-order valence-electron chi connectivity index (χ0n) is 15.9. The highest BCUT2D eigenvalue weighted by molar-refractivity contribution is 5.94. The molecule has 148 valence electrons. The van der Waals surface area contributed by atoms with Gasteiger partial charge in [-0.1, -0.05) is 0 Å². The van der Waals surface area contributed by atoms with Crippen molar-refractivity contribution < 1.29 is 23.5 Å². The molecule has 0 saturated carbocycles. The normalized spacial score (nSPS) is 14.0. The Balaban J connectivity index is 1.35. The number of benzene rings is 1. The van der Waals surface area contributed by atoms with E-state index in [2.05, 4.69) is 0 Å². The Morgan fingerprint density at radius 2 is 1.64 bits per heavy atom. The minimum absolute atomic E-state index is 0.0173. The summed E-state index contributed by atoms with van der Waals surface area (Å²) in [5, 5.41) is 0. The summed E-state index contributed by atoms with van der Waals surface area (Å²) < 4.78 is 10.6. The van der Waals surface area contributed by atoms with Crippen LogP contribution in [-0.4, -0.2) is 60.2 Å². The van der Waals surface area contributed by atoms with Crippen molar-refractivity contribution in [3.8, 4) is 5.75 Å². The van der Waals surface area contributed by atoms with E-state index in [1.54, 1.807) is 40.1 Å². The first kappa shape index (κ1) is 19.7. The van der Waals surface area contributed by atoms with Gasteiger partial charge in [0, 0.05) is 38.2 Å². The number of ketones is 1. The molecule has 0 unspecified atom stereocenters. The van der Waals surface area contributed by atoms with E-state index in [1.807, 2.05) is 0 Å². The highest BCUT2D eigenvalue weighted by atomic mass is 16.5. The molecule has 0 N–H and O–H groups in total. The van der Waals surface area contributed by atoms with E-state index in [0.29, 0.717) is 62.5 Å². The number of furan rings is 1. The highest BCUT2D eigenvalue weighted by Crippen LogP contribution is 2.14. The van der Waals surface area contributed by atoms with Gasteiger partial charge in [0.15, 0.2) is 5.78 Å². The van der Waals surface area contributed by atoms with E-state index < -0.39 is 0 Å². The van der Waals surface area contributed by atoms with Gasteiger partial charge in [0.05, 0.1) is 18.4 Å². The third kappa shape index (κ3) is 5.00. The number of Topliss-reactive ketones (excluding diaryl/α,β-unsaturated/α-hetero) is 1. The van der Waals surface area contributed by atoms with Crippen LogP contribution in [0.4, 0.5) is 0 Å². The lowest BCUT2D eigenvalue weighted by Gasteiger charge is -2.34. The number of carbonyl (C=O) groups excluding carboxylic acids is 3. The summed E-state index contributed by atoms with van der Waals surface area (Å²) in [5.41, 5.74) is 1.18. The van der Waals surface area contributed by atoms with E-state index in [0.717, 1.165) is 0 Å². The molecule has 0 bridgehead atoms. The van der Waals surface area contributed by atoms with Crippen molar-refractivity contribution in [3.05, 3.63) is 54.0 Å². The molecule has 1 aromatic heterocycles. The molecule has 28 heavy (non-hydrogen) atoms. The van der Waals surface area contributed by atoms with Gasteiger partial charge in [-0.3, -0.25) is 14.4 Å². The van der Waals surface area contributed by atoms with E-state index >= 15 is 0 Å². The summed E-state index contributed by atoms with van der Waals surface area (Å²) in [6, 6.07) is 8.62. The molecule has 0 atom stereocenters. The fourth-order valence-electron chi connectivity index (χ4n) is 3.09. The zero-order valence-corrected chi connectivity index (χ0v) is 15.9. The van der Waals surface area contributed by atoms with Crippen molar-refractivity contribution in [1.82, 2.24) is 9.80 Å². The van der Waals surface area contributed by atoms with Crippen molar-refractivity contribution in [1.29, 1.82) is 0 Å². The average molecular weight is 384 g/mol. The molecule has 2 aromatic rings. The predicted octanol–water partition coefficient (Wildman–Crippen LogP) is 2.63. The lowest BCUT2D eigenvalue weighted by molar-refractivity contribution is -0.132. The highest BCUT2D eigenvalue weighted by Gasteiger charge is 2.24. The van der Waals surface area contributed by atoms with E-state index in [1.165, 1.54) is 19.5 Å². The number of piperazine rings is 1. The van der Waals surface area contributed by atoms with Gasteiger partial charge >= 0.3 is 0 Å². The smallest absolute Gasteiger partial charge is 0.257 e. The second kappa shape index (κ2) is 9.21. The van der Waals surface area contributed by atoms with Crippen LogP contribution in [0.3, 0.4) is 0 Å². The van der Waals surface area contributed by atoms with E-state index in [4.69, 9.17) is 9.15 Å². The van der Waals surface area contributed by atoms with E-state index in [-0.39, 0.29) is 17.6 Å². The fourth-order valence-corrected chi connectivity index (χ4v) is 3.09. The quantitative estimate of drug-likeness (QED) is 0.542. The molecule has 1 saturated heterocycles. The molecular weight excluding hydrogens is 360 g/mol. The summed E-state index contributed by atoms with van der Waals surface area (Å²) >= 11 is 0. The largest absolute Gasteiger partial charge is 0.494 e. The maximum absolute atomic E-state index is 12.3. The van der Waals surface area contributed by atoms with Crippen LogP contribution in [0.15, 0.2) is 47.3 Å². The van der Waals surface area contributed by atoms with Gasteiger partial charge in [0.2, 0.25) is 5.91 Å². The third-order valence-corrected chi connectivity index (χ3v) is 4.75. The molecule has 1 aliphatic rings. The first-order chi connectivity index (χ1) is 13.5. The number of amides is 2. The second-order valence-electron chi connectivity index (χ2n) is 6.72. The molecule has 1 fully saturated rings. The summed E-state index contributed by atoms with van der Waals surface area (Å²) in [7, 11) is 0. The van der Waals surface area contributed by atoms with Gasteiger partial charge in [-0.15, -0.1) is 0 Å². The minimum atomic E-state index is -0.0648. The topological polar surface area (TPSA) is 80.1 Å². The molecular formula is C21H24N2O5. The van der Waals surface area contributed by atoms with Crippen LogP contribution in [0.25, 0.3) is 0 Å². The van der Waals surface area contributed by atoms with Crippen LogP contribution in [0.2, 0.25) is 0 Å². The van der Waals surface area contributed by atoms with Crippen LogP contribution in [0.5, 0.6) is 5.75 Å². The Labute approximate surface area is 163 Å². The molecule has 0 radical (unpaired) electrons. The van der Waals surface area contributed by atoms with Gasteiger partial charge in [-0.05, 0) is 43.7 Å². The van der Waals surface area contributed by atoms with Gasteiger partial charge in [-0.2, -0.15) is 0 Å². The molecule has 0 aliphatic carbocycles. The lowest BCUT2D eigenvalue weighted by atomic mass is 10.1. The van der Waals surface area contributed by atoms with Crippen molar-refractivity contribution in [2.45, 2.75) is 19.8 Å². The van der Waals surface area contributed by atoms with Crippen LogP contribution in [0.1, 0.15) is 40.5 Å². The van der Waals surface area contributed by atoms with E-state index in [9.17, 15) is 14.4 Å². The Morgan fingerprint density at radius 1 is 0.964 bits per heavy atom. The van der Waals surface area contributed by atoms with Gasteiger partial charge in [0.25, 0.3) is 5.91 Å². The number of rotatable bonds is 7. The maximum atomic E-state index is 12.3. The SMILES string of the molecule is CC(=O)c1ccc(OCCCC(=O)N2CCN(C(=O)c3ccoc3)CC2)cc1. The number of nitrogens with zero attached hydrogens (tertiary/aromatic N) is 2. The molecule has 1 aliphatic heterocycles. The van der Waals surface area contributed by atoms with Crippen molar-refractivity contribution in [3.63, 3.8) is 0 Å². The number of hydrogen-bond acceptors (Lipinski definition) is 5.